The van der Waals surface area contributed by atoms with Gasteiger partial charge in [0.2, 0.25) is 0 Å². The second-order valence-corrected chi connectivity index (χ2v) is 18.6. The Labute approximate surface area is 372 Å². The molecule has 0 bridgehead atoms. The third-order valence-electron chi connectivity index (χ3n) is 14.1. The highest BCUT2D eigenvalue weighted by Gasteiger charge is 2.49. The summed E-state index contributed by atoms with van der Waals surface area (Å²) in [4.78, 5) is 2.37. The van der Waals surface area contributed by atoms with Crippen molar-refractivity contribution in [2.24, 2.45) is 0 Å². The van der Waals surface area contributed by atoms with Gasteiger partial charge in [-0.15, -0.1) is 0 Å². The Morgan fingerprint density at radius 3 is 1.51 bits per heavy atom. The molecular weight excluding hydrogens is 759 g/mol. The van der Waals surface area contributed by atoms with E-state index in [4.69, 9.17) is 0 Å². The van der Waals surface area contributed by atoms with E-state index in [9.17, 15) is 0 Å². The van der Waals surface area contributed by atoms with Gasteiger partial charge >= 0.3 is 0 Å². The van der Waals surface area contributed by atoms with E-state index in [2.05, 4.69) is 247 Å². The molecular formula is C62H51N. The van der Waals surface area contributed by atoms with Gasteiger partial charge < -0.3 is 4.90 Å². The lowest BCUT2D eigenvalue weighted by atomic mass is 9.75. The molecule has 0 atom stereocenters. The molecule has 1 heteroatoms. The van der Waals surface area contributed by atoms with Crippen LogP contribution in [-0.2, 0) is 10.8 Å². The maximum atomic E-state index is 2.49. The van der Waals surface area contributed by atoms with Gasteiger partial charge in [0, 0.05) is 27.9 Å². The zero-order valence-electron chi connectivity index (χ0n) is 37.0. The fraction of sp³-hybridized carbons (Fsp3) is 0.129. The first-order valence-corrected chi connectivity index (χ1v) is 22.3. The molecule has 0 radical (unpaired) electrons. The third-order valence-corrected chi connectivity index (χ3v) is 14.1. The Morgan fingerprint density at radius 2 is 0.857 bits per heavy atom. The van der Waals surface area contributed by atoms with Crippen molar-refractivity contribution in [3.8, 4) is 22.3 Å². The van der Waals surface area contributed by atoms with Crippen LogP contribution >= 0.6 is 0 Å². The molecule has 0 heterocycles. The largest absolute Gasteiger partial charge is 0.310 e. The Hall–Kier alpha value is -7.22. The monoisotopic (exact) mass is 809 g/mol. The average Bonchev–Trinajstić information content (AvgIpc) is 3.70. The van der Waals surface area contributed by atoms with Crippen molar-refractivity contribution in [1.29, 1.82) is 0 Å². The van der Waals surface area contributed by atoms with E-state index < -0.39 is 0 Å². The maximum absolute atomic E-state index is 2.49. The predicted molar refractivity (Wildman–Crippen MR) is 271 cm³/mol. The van der Waals surface area contributed by atoms with Crippen LogP contribution in [0.25, 0.3) is 67.1 Å². The summed E-state index contributed by atoms with van der Waals surface area (Å²) in [5.41, 5.74) is 22.0. The van der Waals surface area contributed by atoms with Crippen molar-refractivity contribution in [3.05, 3.63) is 233 Å². The summed E-state index contributed by atoms with van der Waals surface area (Å²) < 4.78 is 0. The summed E-state index contributed by atoms with van der Waals surface area (Å²) >= 11 is 0. The van der Waals surface area contributed by atoms with Gasteiger partial charge in [0.15, 0.2) is 0 Å². The van der Waals surface area contributed by atoms with Crippen molar-refractivity contribution in [3.63, 3.8) is 0 Å². The smallest absolute Gasteiger partial charge is 0.0490 e. The van der Waals surface area contributed by atoms with Crippen LogP contribution in [0.3, 0.4) is 0 Å². The molecule has 9 aromatic rings. The van der Waals surface area contributed by atoms with E-state index in [1.54, 1.807) is 0 Å². The number of nitrogens with zero attached hydrogens (tertiary/aromatic N) is 1. The first kappa shape index (κ1) is 38.7. The van der Waals surface area contributed by atoms with Crippen LogP contribution in [0.15, 0.2) is 188 Å². The number of benzene rings is 9. The third kappa shape index (κ3) is 6.13. The minimum Gasteiger partial charge on any atom is -0.310 e. The van der Waals surface area contributed by atoms with E-state index >= 15 is 0 Å². The quantitative estimate of drug-likeness (QED) is 0.145. The molecule has 2 aliphatic carbocycles. The van der Waals surface area contributed by atoms with Gasteiger partial charge in [0.05, 0.1) is 0 Å². The standard InChI is InChI=1S/C62H51N/c1-40-17-7-15-25-57(40)63(58-26-16-8-18-41(58)2)45-33-28-42(29-34-45)27-30-43-31-35-51(48-20-10-9-19-46(43)48)52-38-37-47(49-21-11-12-22-50(49)52)44-32-36-54-56(39-44)62(5,6)59-53-23-13-14-24-55(53)61(3,4)60(54)59/h7-39H,1-6H3/b30-27+. The number of para-hydroxylation sites is 2. The summed E-state index contributed by atoms with van der Waals surface area (Å²) in [6.45, 7) is 14.0. The number of allylic oxidation sites excluding steroid dienone is 2. The molecule has 11 rings (SSSR count). The first-order valence-electron chi connectivity index (χ1n) is 22.3. The summed E-state index contributed by atoms with van der Waals surface area (Å²) in [5, 5.41) is 5.04. The second kappa shape index (κ2) is 14.7. The minimum atomic E-state index is -0.0941. The van der Waals surface area contributed by atoms with Crippen LogP contribution in [0.5, 0.6) is 0 Å². The summed E-state index contributed by atoms with van der Waals surface area (Å²) in [6, 6.07) is 69.6. The Kier molecular flexibility index (Phi) is 9.03. The fourth-order valence-corrected chi connectivity index (χ4v) is 11.0. The lowest BCUT2D eigenvalue weighted by molar-refractivity contribution is 0.694. The summed E-state index contributed by atoms with van der Waals surface area (Å²) in [6.07, 6.45) is 4.51. The molecule has 0 saturated carbocycles. The highest BCUT2D eigenvalue weighted by Crippen LogP contribution is 2.62. The van der Waals surface area contributed by atoms with Gasteiger partial charge in [0.1, 0.15) is 0 Å². The van der Waals surface area contributed by atoms with Gasteiger partial charge in [-0.25, -0.2) is 0 Å². The average molecular weight is 810 g/mol. The van der Waals surface area contributed by atoms with Gasteiger partial charge in [-0.3, -0.25) is 0 Å². The van der Waals surface area contributed by atoms with Crippen LogP contribution in [0, 0.1) is 13.8 Å². The number of anilines is 3. The van der Waals surface area contributed by atoms with E-state index in [0.717, 1.165) is 11.3 Å². The number of hydrogen-bond acceptors (Lipinski definition) is 1. The van der Waals surface area contributed by atoms with E-state index in [1.165, 1.54) is 105 Å². The minimum absolute atomic E-state index is 0.0311. The lowest BCUT2D eigenvalue weighted by Crippen LogP contribution is -2.19. The number of aryl methyl sites for hydroxylation is 2. The molecule has 0 amide bonds. The lowest BCUT2D eigenvalue weighted by Gasteiger charge is -2.28. The van der Waals surface area contributed by atoms with Crippen molar-refractivity contribution < 1.29 is 0 Å². The second-order valence-electron chi connectivity index (χ2n) is 18.6. The molecule has 63 heavy (non-hydrogen) atoms. The van der Waals surface area contributed by atoms with Crippen LogP contribution < -0.4 is 4.90 Å². The van der Waals surface area contributed by atoms with Crippen molar-refractivity contribution in [1.82, 2.24) is 0 Å². The zero-order valence-corrected chi connectivity index (χ0v) is 37.0. The van der Waals surface area contributed by atoms with E-state index in [1.807, 2.05) is 0 Å². The highest BCUT2D eigenvalue weighted by molar-refractivity contribution is 6.13. The van der Waals surface area contributed by atoms with E-state index in [-0.39, 0.29) is 10.8 Å². The predicted octanol–water partition coefficient (Wildman–Crippen LogP) is 17.1. The zero-order chi connectivity index (χ0) is 43.0. The molecule has 304 valence electrons. The molecule has 2 aliphatic rings. The van der Waals surface area contributed by atoms with Crippen LogP contribution in [-0.4, -0.2) is 0 Å². The molecule has 0 N–H and O–H groups in total. The van der Waals surface area contributed by atoms with E-state index in [0.29, 0.717) is 0 Å². The molecule has 0 unspecified atom stereocenters. The van der Waals surface area contributed by atoms with Gasteiger partial charge in [0.25, 0.3) is 0 Å². The highest BCUT2D eigenvalue weighted by atomic mass is 15.1. The molecule has 0 aromatic heterocycles. The number of fused-ring (bicyclic) bond motifs is 6. The van der Waals surface area contributed by atoms with Crippen molar-refractivity contribution in [2.75, 3.05) is 4.90 Å². The normalized spacial score (nSPS) is 14.6. The topological polar surface area (TPSA) is 3.24 Å². The van der Waals surface area contributed by atoms with Gasteiger partial charge in [-0.1, -0.05) is 198 Å². The summed E-state index contributed by atoms with van der Waals surface area (Å²) in [7, 11) is 0. The van der Waals surface area contributed by atoms with Crippen molar-refractivity contribution in [2.45, 2.75) is 52.4 Å². The fourth-order valence-electron chi connectivity index (χ4n) is 11.0. The van der Waals surface area contributed by atoms with Crippen LogP contribution in [0.4, 0.5) is 17.1 Å². The van der Waals surface area contributed by atoms with Gasteiger partial charge in [-0.2, -0.15) is 0 Å². The maximum Gasteiger partial charge on any atom is 0.0490 e. The van der Waals surface area contributed by atoms with Crippen molar-refractivity contribution >= 4 is 61.9 Å². The Morgan fingerprint density at radius 1 is 0.381 bits per heavy atom. The SMILES string of the molecule is Cc1ccccc1N(c1ccc(/C=C/c2ccc(-c3ccc(-c4ccc5c(c4)C(C)(C)C4=C5C(C)(C)c5ccccc54)c4ccccc34)c3ccccc23)cc1)c1ccccc1C. The van der Waals surface area contributed by atoms with Gasteiger partial charge in [-0.05, 0) is 144 Å². The number of rotatable bonds is 7. The molecule has 0 fully saturated rings. The summed E-state index contributed by atoms with van der Waals surface area (Å²) in [5.74, 6) is 0. The van der Waals surface area contributed by atoms with Crippen LogP contribution in [0.1, 0.15) is 72.2 Å². The molecule has 9 aromatic carbocycles. The molecule has 0 spiro atoms. The molecule has 0 aliphatic heterocycles. The first-order chi connectivity index (χ1) is 30.6. The molecule has 0 saturated heterocycles. The Balaban J connectivity index is 0.930. The Bertz CT molecular complexity index is 3310. The van der Waals surface area contributed by atoms with Crippen LogP contribution in [0.2, 0.25) is 0 Å². The number of hydrogen-bond donors (Lipinski definition) is 0. The molecule has 1 nitrogen and oxygen atoms in total.